The minimum atomic E-state index is -5.31. The van der Waals surface area contributed by atoms with E-state index in [4.69, 9.17) is 34.1 Å². The fourth-order valence-electron chi connectivity index (χ4n) is 13.4. The van der Waals surface area contributed by atoms with Gasteiger partial charge in [-0.15, -0.1) is 0 Å². The van der Waals surface area contributed by atoms with Crippen molar-refractivity contribution >= 4 is 66.7 Å². The van der Waals surface area contributed by atoms with Gasteiger partial charge in [-0.3, -0.25) is 53.1 Å². The molecule has 6 heterocycles. The van der Waals surface area contributed by atoms with Gasteiger partial charge < -0.3 is 75.3 Å². The molecular formula is C53H74CoN5O21P. The Bertz CT molecular complexity index is 2800. The van der Waals surface area contributed by atoms with Crippen LogP contribution in [0.5, 0.6) is 0 Å². The Morgan fingerprint density at radius 3 is 1.89 bits per heavy atom. The normalized spacial score (nSPS) is 36.5. The number of nitrogens with zero attached hydrogens (tertiary/aromatic N) is 4. The molecule has 6 aliphatic heterocycles. The third-order valence-electron chi connectivity index (χ3n) is 17.8. The van der Waals surface area contributed by atoms with Gasteiger partial charge in [0.1, 0.15) is 18.3 Å². The molecule has 15 atom stereocenters. The maximum absolute atomic E-state index is 14.0. The van der Waals surface area contributed by atoms with E-state index in [-0.39, 0.29) is 83.7 Å². The van der Waals surface area contributed by atoms with Gasteiger partial charge >= 0.3 is 52.6 Å². The van der Waals surface area contributed by atoms with Gasteiger partial charge in [-0.1, -0.05) is 40.7 Å². The third-order valence-corrected chi connectivity index (χ3v) is 19.0. The van der Waals surface area contributed by atoms with E-state index < -0.39 is 182 Å². The second-order valence-electron chi connectivity index (χ2n) is 23.5. The molecule has 6 rings (SSSR count). The van der Waals surface area contributed by atoms with Crippen molar-refractivity contribution in [2.75, 3.05) is 13.2 Å². The van der Waals surface area contributed by atoms with Gasteiger partial charge in [0.15, 0.2) is 6.29 Å². The first kappa shape index (κ1) is 66.6. The fraction of sp³-hybridized carbons (Fsp3) is 0.698. The molecule has 0 aromatic heterocycles. The van der Waals surface area contributed by atoms with E-state index >= 15 is 0 Å². The molecule has 6 aliphatic rings. The maximum Gasteiger partial charge on any atom is 2.00 e. The largest absolute Gasteiger partial charge is 2.00 e. The Labute approximate surface area is 478 Å². The third kappa shape index (κ3) is 13.3. The summed E-state index contributed by atoms with van der Waals surface area (Å²) in [6, 6.07) is -1.28. The summed E-state index contributed by atoms with van der Waals surface area (Å²) in [5.74, 6) is -11.9. The van der Waals surface area contributed by atoms with E-state index in [9.17, 15) is 89.0 Å². The Hall–Kier alpha value is -5.22. The van der Waals surface area contributed by atoms with Crippen molar-refractivity contribution in [2.24, 2.45) is 60.3 Å². The summed E-state index contributed by atoms with van der Waals surface area (Å²) < 4.78 is 27.9. The fourth-order valence-corrected chi connectivity index (χ4v) is 14.6. The quantitative estimate of drug-likeness (QED) is 0.0576. The molecule has 0 spiro atoms. The molecule has 2 saturated heterocycles. The number of aliphatic carboxylic acids is 6. The molecule has 0 aromatic rings. The summed E-state index contributed by atoms with van der Waals surface area (Å²) in [5, 5.41) is 100. The predicted octanol–water partition coefficient (Wildman–Crippen LogP) is 4.06. The Morgan fingerprint density at radius 2 is 1.35 bits per heavy atom. The van der Waals surface area contributed by atoms with Crippen molar-refractivity contribution in [3.63, 3.8) is 0 Å². The second-order valence-corrected chi connectivity index (χ2v) is 24.8. The van der Waals surface area contributed by atoms with Crippen LogP contribution in [0.4, 0.5) is 0 Å². The number of aliphatic hydroxyl groups excluding tert-OH is 3. The van der Waals surface area contributed by atoms with E-state index in [1.807, 2.05) is 13.8 Å². The number of aliphatic imine (C=N–C) groups is 3. The van der Waals surface area contributed by atoms with E-state index in [1.54, 1.807) is 47.6 Å². The average Bonchev–Trinajstić information content (AvgIpc) is 4.26. The van der Waals surface area contributed by atoms with Crippen molar-refractivity contribution < 1.29 is 120 Å². The SMILES string of the molecule is C/C1=C2/[N-][C@H]([C@H](CC(=O)O)[C@@]2(C)CCC(=O)NC[C@@H](C)OP(=O)([O-])O[C@H]2[C@@H](O)[C@@H](O)O[C@@H]2CO)[C@]2(C)N=C(/C(C)=C3N=C(/C=C4N=C1[C@@H](CCC(=O)O)C\4(C)C)[C@@H](CCC(=O)O)[C@]\3(C)CC(=O)O)[C@@H](CCC(=O)O)[C@]2(C)CC(=O)O.[Co+2]. The molecule has 26 nitrogen and oxygen atoms in total. The van der Waals surface area contributed by atoms with E-state index in [0.717, 1.165) is 0 Å². The molecule has 1 amide bonds. The maximum atomic E-state index is 14.0. The molecular weight excluding hydrogens is 1130 g/mol. The molecule has 81 heavy (non-hydrogen) atoms. The molecule has 2 fully saturated rings. The van der Waals surface area contributed by atoms with Crippen LogP contribution >= 0.6 is 7.82 Å². The monoisotopic (exact) mass is 1210 g/mol. The number of carbonyl (C=O) groups excluding carboxylic acids is 1. The van der Waals surface area contributed by atoms with Gasteiger partial charge in [0.2, 0.25) is 5.91 Å². The Morgan fingerprint density at radius 1 is 0.778 bits per heavy atom. The van der Waals surface area contributed by atoms with Gasteiger partial charge in [0.25, 0.3) is 7.82 Å². The number of nitrogens with one attached hydrogen (secondary N) is 1. The van der Waals surface area contributed by atoms with Crippen molar-refractivity contribution in [1.82, 2.24) is 5.32 Å². The molecule has 0 aromatic carbocycles. The number of rotatable bonds is 25. The van der Waals surface area contributed by atoms with Crippen LogP contribution in [0.15, 0.2) is 49.3 Å². The standard InChI is InChI=1S/C53H76N5O21P.Co/c1-24(78-80(75,76)79-44-32(23-59)77-48(74)43(44)73)22-54-34(60)16-17-50(6)30(18-38(67)68)47-53(9)52(8,21-40(71)72)29(12-15-37(65)66)42(58-53)26(3)46-51(7,20-39(69)70)27(10-13-35(61)62)31(55-46)19-33-49(4,5)28(11-14-36(63)64)41(56-33)25(2)45(50)57-47;/h19,24,27-30,32,43-44,47-48,59,73-74H,10-18,20-23H2,1-9H3,(H9,54,55,56,57,58,60,61,62,63,64,65,66,67,68,69,70,71,72,75,76);/q;+2/p-2/t24-,27-,28-,29-,30+,32-,43-,44-,47-,48+,50-,51+,52+,53+;/m1./s1. The number of fused-ring (bicyclic) bond motifs is 6. The van der Waals surface area contributed by atoms with Crippen LogP contribution < -0.4 is 10.2 Å². The van der Waals surface area contributed by atoms with Crippen molar-refractivity contribution in [3.05, 3.63) is 39.6 Å². The van der Waals surface area contributed by atoms with Gasteiger partial charge in [0.05, 0.1) is 36.8 Å². The molecule has 10 N–H and O–H groups in total. The molecule has 0 saturated carbocycles. The van der Waals surface area contributed by atoms with Crippen LogP contribution in [0.25, 0.3) is 5.32 Å². The number of hydrogen-bond acceptors (Lipinski definition) is 18. The number of ether oxygens (including phenoxy) is 1. The number of amides is 1. The van der Waals surface area contributed by atoms with Gasteiger partial charge in [-0.05, 0) is 81.9 Å². The van der Waals surface area contributed by atoms with Crippen molar-refractivity contribution in [1.29, 1.82) is 0 Å². The summed E-state index contributed by atoms with van der Waals surface area (Å²) in [7, 11) is -5.31. The number of carbonyl (C=O) groups is 7. The molecule has 1 radical (unpaired) electrons. The molecule has 1 unspecified atom stereocenters. The first-order chi connectivity index (χ1) is 37.0. The number of hydrogen-bond donors (Lipinski definition) is 10. The first-order valence-electron chi connectivity index (χ1n) is 26.5. The minimum absolute atomic E-state index is 0. The average molecular weight is 1210 g/mol. The minimum Gasteiger partial charge on any atom is -0.756 e. The van der Waals surface area contributed by atoms with Crippen LogP contribution in [-0.2, 0) is 68.7 Å². The molecule has 28 heteroatoms. The van der Waals surface area contributed by atoms with Crippen LogP contribution in [0, 0.1) is 45.3 Å². The zero-order valence-corrected chi connectivity index (χ0v) is 48.5. The zero-order chi connectivity index (χ0) is 60.0. The summed E-state index contributed by atoms with van der Waals surface area (Å²) in [6.45, 7) is 13.5. The van der Waals surface area contributed by atoms with Crippen molar-refractivity contribution in [3.8, 4) is 0 Å². The number of allylic oxidation sites excluding steroid dienone is 6. The van der Waals surface area contributed by atoms with E-state index in [0.29, 0.717) is 17.0 Å². The topological polar surface area (TPSA) is 433 Å². The van der Waals surface area contributed by atoms with Gasteiger partial charge in [0, 0.05) is 95.5 Å². The molecule has 451 valence electrons. The van der Waals surface area contributed by atoms with E-state index in [1.165, 1.54) is 6.92 Å². The summed E-state index contributed by atoms with van der Waals surface area (Å²) >= 11 is 0. The van der Waals surface area contributed by atoms with Crippen LogP contribution in [-0.4, -0.2) is 160 Å². The summed E-state index contributed by atoms with van der Waals surface area (Å²) in [5.41, 5.74) is -5.16. The summed E-state index contributed by atoms with van der Waals surface area (Å²) in [6.07, 6.45) is -10.5. The van der Waals surface area contributed by atoms with E-state index in [2.05, 4.69) is 5.32 Å². The van der Waals surface area contributed by atoms with Gasteiger partial charge in [-0.2, -0.15) is 5.70 Å². The van der Waals surface area contributed by atoms with Crippen LogP contribution in [0.1, 0.15) is 133 Å². The van der Waals surface area contributed by atoms with Crippen molar-refractivity contribution in [2.45, 2.75) is 175 Å². The van der Waals surface area contributed by atoms with Crippen LogP contribution in [0.3, 0.4) is 0 Å². The number of carboxylic acid groups (broad SMARTS) is 6. The summed E-state index contributed by atoms with van der Waals surface area (Å²) in [4.78, 5) is 119. The zero-order valence-electron chi connectivity index (χ0n) is 46.5. The first-order valence-corrected chi connectivity index (χ1v) is 27.9. The number of aliphatic hydroxyl groups is 3. The predicted molar refractivity (Wildman–Crippen MR) is 280 cm³/mol. The number of phosphoric ester groups is 1. The molecule has 8 bridgehead atoms. The van der Waals surface area contributed by atoms with Crippen LogP contribution in [0.2, 0.25) is 0 Å². The Balaban J connectivity index is 0.0000120. The van der Waals surface area contributed by atoms with Gasteiger partial charge in [-0.25, -0.2) is 0 Å². The second kappa shape index (κ2) is 24.9. The smallest absolute Gasteiger partial charge is 0.756 e. The molecule has 0 aliphatic carbocycles. The Kier molecular flexibility index (Phi) is 20.5. The number of carboxylic acids is 6. The number of phosphoric acid groups is 1.